The van der Waals surface area contributed by atoms with Crippen molar-refractivity contribution in [2.24, 2.45) is 0 Å². The fraction of sp³-hybridized carbons (Fsp3) is 0.455. The molecule has 136 valence electrons. The second kappa shape index (κ2) is 6.60. The van der Waals surface area contributed by atoms with Crippen molar-refractivity contribution < 1.29 is 10.2 Å². The molecule has 2 rings (SSSR count). The molecule has 0 fully saturated rings. The Kier molecular flexibility index (Phi) is 5.21. The van der Waals surface area contributed by atoms with Gasteiger partial charge in [0, 0.05) is 20.9 Å². The highest BCUT2D eigenvalue weighted by atomic mass is 32.2. The lowest BCUT2D eigenvalue weighted by atomic mass is 9.85. The van der Waals surface area contributed by atoms with Crippen LogP contribution >= 0.6 is 11.8 Å². The van der Waals surface area contributed by atoms with Crippen molar-refractivity contribution in [3.8, 4) is 11.5 Å². The first-order valence-corrected chi connectivity index (χ1v) is 9.48. The normalized spacial score (nSPS) is 12.5. The molecule has 2 aromatic carbocycles. The van der Waals surface area contributed by atoms with Crippen molar-refractivity contribution >= 4 is 11.8 Å². The Hall–Kier alpha value is -1.61. The van der Waals surface area contributed by atoms with Crippen LogP contribution in [0.25, 0.3) is 0 Å². The van der Waals surface area contributed by atoms with Gasteiger partial charge in [0.2, 0.25) is 0 Å². The van der Waals surface area contributed by atoms with Crippen molar-refractivity contribution in [3.05, 3.63) is 46.5 Å². The van der Waals surface area contributed by atoms with Gasteiger partial charge in [0.05, 0.1) is 0 Å². The average molecular weight is 359 g/mol. The molecule has 0 radical (unpaired) electrons. The van der Waals surface area contributed by atoms with E-state index >= 15 is 0 Å². The molecule has 0 aromatic heterocycles. The SMILES string of the molecule is Cc1cc(O)c(C(C)(C)C)cc1Sc1cc(C)c(O)c(C(C)(C)C)c1. The van der Waals surface area contributed by atoms with Crippen LogP contribution in [0.5, 0.6) is 11.5 Å². The van der Waals surface area contributed by atoms with E-state index < -0.39 is 0 Å². The van der Waals surface area contributed by atoms with Crippen LogP contribution in [0.3, 0.4) is 0 Å². The number of hydrogen-bond donors (Lipinski definition) is 2. The molecule has 0 heterocycles. The fourth-order valence-electron chi connectivity index (χ4n) is 2.89. The van der Waals surface area contributed by atoms with E-state index in [1.165, 1.54) is 0 Å². The number of hydrogen-bond acceptors (Lipinski definition) is 3. The number of rotatable bonds is 2. The maximum atomic E-state index is 10.4. The first-order chi connectivity index (χ1) is 11.3. The molecular weight excluding hydrogens is 328 g/mol. The summed E-state index contributed by atoms with van der Waals surface area (Å²) < 4.78 is 0. The zero-order valence-electron chi connectivity index (χ0n) is 16.6. The largest absolute Gasteiger partial charge is 0.508 e. The number of phenols is 2. The maximum absolute atomic E-state index is 10.4. The Morgan fingerprint density at radius 3 is 1.80 bits per heavy atom. The highest BCUT2D eigenvalue weighted by Gasteiger charge is 2.22. The predicted octanol–water partition coefficient (Wildman–Crippen LogP) is 6.46. The van der Waals surface area contributed by atoms with E-state index in [0.29, 0.717) is 11.5 Å². The molecule has 0 unspecified atom stereocenters. The summed E-state index contributed by atoms with van der Waals surface area (Å²) in [5, 5.41) is 20.7. The van der Waals surface area contributed by atoms with Crippen molar-refractivity contribution in [2.45, 2.75) is 76.0 Å². The topological polar surface area (TPSA) is 40.5 Å². The molecule has 2 aromatic rings. The van der Waals surface area contributed by atoms with Gasteiger partial charge in [0.25, 0.3) is 0 Å². The summed E-state index contributed by atoms with van der Waals surface area (Å²) >= 11 is 1.68. The summed E-state index contributed by atoms with van der Waals surface area (Å²) in [6.07, 6.45) is 0. The lowest BCUT2D eigenvalue weighted by molar-refractivity contribution is 0.442. The molecule has 0 aliphatic carbocycles. The first kappa shape index (κ1) is 19.7. The molecular formula is C22H30O2S. The van der Waals surface area contributed by atoms with Crippen LogP contribution in [0.1, 0.15) is 63.8 Å². The van der Waals surface area contributed by atoms with Crippen LogP contribution in [-0.4, -0.2) is 10.2 Å². The lowest BCUT2D eigenvalue weighted by Gasteiger charge is -2.24. The summed E-state index contributed by atoms with van der Waals surface area (Å²) in [7, 11) is 0. The predicted molar refractivity (Wildman–Crippen MR) is 107 cm³/mol. The van der Waals surface area contributed by atoms with Crippen molar-refractivity contribution in [2.75, 3.05) is 0 Å². The van der Waals surface area contributed by atoms with Gasteiger partial charge in [0.1, 0.15) is 11.5 Å². The average Bonchev–Trinajstić information content (AvgIpc) is 2.42. The van der Waals surface area contributed by atoms with Crippen molar-refractivity contribution in [1.82, 2.24) is 0 Å². The standard InChI is InChI=1S/C22H30O2S/c1-13-10-18(23)16(21(3,4)5)12-19(13)25-15-9-14(2)20(24)17(11-15)22(6,7)8/h9-12,23-24H,1-8H3. The molecule has 0 saturated heterocycles. The quantitative estimate of drug-likeness (QED) is 0.647. The van der Waals surface area contributed by atoms with Gasteiger partial charge in [-0.05, 0) is 60.1 Å². The summed E-state index contributed by atoms with van der Waals surface area (Å²) in [6.45, 7) is 16.6. The number of benzene rings is 2. The third-order valence-electron chi connectivity index (χ3n) is 4.41. The molecule has 0 bridgehead atoms. The van der Waals surface area contributed by atoms with Crippen LogP contribution in [0.4, 0.5) is 0 Å². The Morgan fingerprint density at radius 2 is 1.28 bits per heavy atom. The molecule has 0 atom stereocenters. The van der Waals surface area contributed by atoms with Crippen LogP contribution in [0, 0.1) is 13.8 Å². The minimum Gasteiger partial charge on any atom is -0.508 e. The van der Waals surface area contributed by atoms with E-state index in [-0.39, 0.29) is 10.8 Å². The minimum absolute atomic E-state index is 0.117. The van der Waals surface area contributed by atoms with Gasteiger partial charge >= 0.3 is 0 Å². The second-order valence-corrected chi connectivity index (χ2v) is 9.99. The summed E-state index contributed by atoms with van der Waals surface area (Å²) in [4.78, 5) is 2.24. The molecule has 0 aliphatic heterocycles. The molecule has 25 heavy (non-hydrogen) atoms. The molecule has 0 spiro atoms. The number of aromatic hydroxyl groups is 2. The number of aryl methyl sites for hydroxylation is 2. The molecule has 0 saturated carbocycles. The van der Waals surface area contributed by atoms with Gasteiger partial charge in [0.15, 0.2) is 0 Å². The van der Waals surface area contributed by atoms with E-state index in [2.05, 4.69) is 53.7 Å². The fourth-order valence-corrected chi connectivity index (χ4v) is 3.95. The van der Waals surface area contributed by atoms with Crippen molar-refractivity contribution in [1.29, 1.82) is 0 Å². The minimum atomic E-state index is -0.119. The molecule has 0 amide bonds. The Balaban J connectivity index is 2.52. The smallest absolute Gasteiger partial charge is 0.122 e. The van der Waals surface area contributed by atoms with Gasteiger partial charge in [-0.1, -0.05) is 53.3 Å². The Labute approximate surface area is 156 Å². The number of phenolic OH excluding ortho intramolecular Hbond substituents is 2. The van der Waals surface area contributed by atoms with E-state index in [1.807, 2.05) is 26.0 Å². The molecule has 3 heteroatoms. The Bertz CT molecular complexity index is 793. The van der Waals surface area contributed by atoms with E-state index in [9.17, 15) is 10.2 Å². The van der Waals surface area contributed by atoms with Crippen molar-refractivity contribution in [3.63, 3.8) is 0 Å². The Morgan fingerprint density at radius 1 is 0.720 bits per heavy atom. The molecule has 0 aliphatic rings. The first-order valence-electron chi connectivity index (χ1n) is 8.66. The van der Waals surface area contributed by atoms with Gasteiger partial charge in [-0.15, -0.1) is 0 Å². The maximum Gasteiger partial charge on any atom is 0.122 e. The van der Waals surface area contributed by atoms with E-state index in [0.717, 1.165) is 32.0 Å². The van der Waals surface area contributed by atoms with Gasteiger partial charge in [-0.3, -0.25) is 0 Å². The molecule has 2 nitrogen and oxygen atoms in total. The van der Waals surface area contributed by atoms with Gasteiger partial charge in [-0.2, -0.15) is 0 Å². The van der Waals surface area contributed by atoms with Crippen LogP contribution in [0.15, 0.2) is 34.1 Å². The van der Waals surface area contributed by atoms with Gasteiger partial charge < -0.3 is 10.2 Å². The van der Waals surface area contributed by atoms with Crippen LogP contribution in [-0.2, 0) is 10.8 Å². The van der Waals surface area contributed by atoms with E-state index in [1.54, 1.807) is 11.8 Å². The lowest BCUT2D eigenvalue weighted by Crippen LogP contribution is -2.12. The summed E-state index contributed by atoms with van der Waals surface area (Å²) in [5.41, 5.74) is 3.62. The third kappa shape index (κ3) is 4.33. The molecule has 2 N–H and O–H groups in total. The third-order valence-corrected chi connectivity index (χ3v) is 5.54. The monoisotopic (exact) mass is 358 g/mol. The van der Waals surface area contributed by atoms with Crippen LogP contribution in [0.2, 0.25) is 0 Å². The van der Waals surface area contributed by atoms with Gasteiger partial charge in [-0.25, -0.2) is 0 Å². The zero-order chi connectivity index (χ0) is 19.2. The zero-order valence-corrected chi connectivity index (χ0v) is 17.4. The van der Waals surface area contributed by atoms with Crippen LogP contribution < -0.4 is 0 Å². The highest BCUT2D eigenvalue weighted by Crippen LogP contribution is 2.42. The highest BCUT2D eigenvalue weighted by molar-refractivity contribution is 7.99. The summed E-state index contributed by atoms with van der Waals surface area (Å²) in [5.74, 6) is 0.737. The van der Waals surface area contributed by atoms with E-state index in [4.69, 9.17) is 0 Å². The second-order valence-electron chi connectivity index (χ2n) is 8.87. The summed E-state index contributed by atoms with van der Waals surface area (Å²) in [6, 6.07) is 8.05.